The molecule has 7 nitrogen and oxygen atoms in total. The smallest absolute Gasteiger partial charge is 0.323 e. The molecule has 2 aliphatic rings. The van der Waals surface area contributed by atoms with Crippen LogP contribution in [0, 0.1) is 11.8 Å². The van der Waals surface area contributed by atoms with Crippen LogP contribution in [0.25, 0.3) is 0 Å². The van der Waals surface area contributed by atoms with Gasteiger partial charge in [0.05, 0.1) is 11.5 Å². The van der Waals surface area contributed by atoms with Gasteiger partial charge in [-0.15, -0.1) is 0 Å². The van der Waals surface area contributed by atoms with Crippen LogP contribution in [0.3, 0.4) is 0 Å². The lowest BCUT2D eigenvalue weighted by molar-refractivity contribution is 0.220. The number of rotatable bonds is 1. The van der Waals surface area contributed by atoms with E-state index < -0.39 is 9.84 Å². The summed E-state index contributed by atoms with van der Waals surface area (Å²) >= 11 is 1.17. The highest BCUT2D eigenvalue weighted by Gasteiger charge is 2.45. The van der Waals surface area contributed by atoms with E-state index in [0.717, 1.165) is 0 Å². The zero-order valence-corrected chi connectivity index (χ0v) is 14.5. The van der Waals surface area contributed by atoms with E-state index in [1.54, 1.807) is 4.90 Å². The Bertz CT molecular complexity index is 672. The first-order valence-electron chi connectivity index (χ1n) is 7.24. The van der Waals surface area contributed by atoms with Gasteiger partial charge in [0.25, 0.3) is 0 Å². The minimum atomic E-state index is -2.91. The number of carbonyl (C=O) groups excluding carboxylic acids is 1. The number of nitrogens with zero attached hydrogens (tertiary/aromatic N) is 3. The van der Waals surface area contributed by atoms with Gasteiger partial charge < -0.3 is 4.90 Å². The molecule has 3 heterocycles. The molecule has 0 aromatic carbocycles. The fraction of sp³-hybridized carbons (Fsp3) is 0.769. The lowest BCUT2D eigenvalue weighted by Crippen LogP contribution is -2.34. The van der Waals surface area contributed by atoms with Gasteiger partial charge in [0.15, 0.2) is 9.84 Å². The normalized spacial score (nSPS) is 27.0. The van der Waals surface area contributed by atoms with Crippen LogP contribution >= 0.6 is 11.5 Å². The number of hydrogen-bond acceptors (Lipinski definition) is 6. The molecule has 122 valence electrons. The molecule has 0 bridgehead atoms. The third kappa shape index (κ3) is 3.10. The van der Waals surface area contributed by atoms with Gasteiger partial charge in [-0.25, -0.2) is 18.2 Å². The molecule has 3 rings (SSSR count). The van der Waals surface area contributed by atoms with Gasteiger partial charge in [0.1, 0.15) is 5.82 Å². The maximum Gasteiger partial charge on any atom is 0.323 e. The summed E-state index contributed by atoms with van der Waals surface area (Å²) < 4.78 is 27.4. The second kappa shape index (κ2) is 5.16. The summed E-state index contributed by atoms with van der Waals surface area (Å²) in [6, 6.07) is -0.219. The summed E-state index contributed by atoms with van der Waals surface area (Å²) in [4.78, 5) is 18.3. The van der Waals surface area contributed by atoms with E-state index in [4.69, 9.17) is 0 Å². The van der Waals surface area contributed by atoms with Crippen molar-refractivity contribution >= 4 is 32.5 Å². The third-order valence-electron chi connectivity index (χ3n) is 4.11. The van der Waals surface area contributed by atoms with Crippen LogP contribution in [-0.2, 0) is 15.3 Å². The zero-order chi connectivity index (χ0) is 16.1. The zero-order valence-electron chi connectivity index (χ0n) is 12.9. The molecule has 22 heavy (non-hydrogen) atoms. The van der Waals surface area contributed by atoms with Crippen molar-refractivity contribution in [2.75, 3.05) is 29.9 Å². The second-order valence-corrected chi connectivity index (χ2v) is 10.0. The predicted molar refractivity (Wildman–Crippen MR) is 84.8 cm³/mol. The van der Waals surface area contributed by atoms with E-state index in [0.29, 0.717) is 24.0 Å². The molecule has 2 aliphatic heterocycles. The van der Waals surface area contributed by atoms with Crippen molar-refractivity contribution in [1.29, 1.82) is 0 Å². The second-order valence-electron chi connectivity index (χ2n) is 7.11. The van der Waals surface area contributed by atoms with Crippen molar-refractivity contribution in [2.45, 2.75) is 26.2 Å². The first-order chi connectivity index (χ1) is 10.1. The summed E-state index contributed by atoms with van der Waals surface area (Å²) in [5.41, 5.74) is -0.154. The summed E-state index contributed by atoms with van der Waals surface area (Å²) in [7, 11) is -2.91. The molecule has 1 N–H and O–H groups in total. The summed E-state index contributed by atoms with van der Waals surface area (Å²) in [5, 5.41) is 3.25. The van der Waals surface area contributed by atoms with Gasteiger partial charge in [0, 0.05) is 30.0 Å². The minimum Gasteiger partial charge on any atom is -0.324 e. The molecule has 1 aromatic heterocycles. The summed E-state index contributed by atoms with van der Waals surface area (Å²) in [6.07, 6.45) is 0. The molecular formula is C13H20N4O3S2. The highest BCUT2D eigenvalue weighted by atomic mass is 32.2. The molecule has 0 aliphatic carbocycles. The lowest BCUT2D eigenvalue weighted by Gasteiger charge is -2.17. The third-order valence-corrected chi connectivity index (χ3v) is 6.61. The lowest BCUT2D eigenvalue weighted by atomic mass is 9.96. The molecule has 1 aromatic rings. The molecule has 2 fully saturated rings. The Hall–Kier alpha value is -1.22. The monoisotopic (exact) mass is 344 g/mol. The Labute approximate surface area is 134 Å². The van der Waals surface area contributed by atoms with Crippen molar-refractivity contribution in [1.82, 2.24) is 14.3 Å². The topological polar surface area (TPSA) is 92.3 Å². The van der Waals surface area contributed by atoms with Gasteiger partial charge in [-0.2, -0.15) is 4.37 Å². The highest BCUT2D eigenvalue weighted by Crippen LogP contribution is 2.33. The number of nitrogens with one attached hydrogen (secondary N) is 1. The van der Waals surface area contributed by atoms with Crippen molar-refractivity contribution in [2.24, 2.45) is 11.8 Å². The average Bonchev–Trinajstić information content (AvgIpc) is 3.00. The molecule has 0 radical (unpaired) electrons. The van der Waals surface area contributed by atoms with Crippen LogP contribution < -0.4 is 5.32 Å². The standard InChI is InChI=1S/C13H20N4O3S2/c1-13(2,3)10-14-11(21-16-10)15-12(18)17-4-8-6-22(19,20)7-9(8)5-17/h8-9H,4-7H2,1-3H3,(H,14,15,16,18)/t8-,9+. The van der Waals surface area contributed by atoms with E-state index in [2.05, 4.69) is 14.7 Å². The van der Waals surface area contributed by atoms with Crippen molar-refractivity contribution in [3.8, 4) is 0 Å². The Morgan fingerprint density at radius 1 is 1.27 bits per heavy atom. The molecule has 9 heteroatoms. The van der Waals surface area contributed by atoms with Gasteiger partial charge in [-0.3, -0.25) is 5.32 Å². The quantitative estimate of drug-likeness (QED) is 0.830. The minimum absolute atomic E-state index is 0.0790. The number of hydrogen-bond donors (Lipinski definition) is 1. The van der Waals surface area contributed by atoms with E-state index in [1.165, 1.54) is 11.5 Å². The van der Waals surface area contributed by atoms with Crippen LogP contribution in [0.15, 0.2) is 0 Å². The number of anilines is 1. The number of likely N-dealkylation sites (tertiary alicyclic amines) is 1. The predicted octanol–water partition coefficient (Wildman–Crippen LogP) is 1.34. The SMILES string of the molecule is CC(C)(C)c1nsc(NC(=O)N2C[C@@H]3CS(=O)(=O)C[C@@H]3C2)n1. The maximum atomic E-state index is 12.3. The van der Waals surface area contributed by atoms with Crippen molar-refractivity contribution < 1.29 is 13.2 Å². The maximum absolute atomic E-state index is 12.3. The van der Waals surface area contributed by atoms with Crippen molar-refractivity contribution in [3.63, 3.8) is 0 Å². The first-order valence-corrected chi connectivity index (χ1v) is 9.84. The van der Waals surface area contributed by atoms with E-state index in [9.17, 15) is 13.2 Å². The van der Waals surface area contributed by atoms with Gasteiger partial charge in [-0.05, 0) is 11.8 Å². The average molecular weight is 344 g/mol. The molecule has 2 amide bonds. The Kier molecular flexibility index (Phi) is 3.67. The van der Waals surface area contributed by atoms with Crippen LogP contribution in [0.1, 0.15) is 26.6 Å². The summed E-state index contributed by atoms with van der Waals surface area (Å²) in [6.45, 7) is 7.05. The van der Waals surface area contributed by atoms with E-state index in [-0.39, 0.29) is 34.8 Å². The van der Waals surface area contributed by atoms with Crippen molar-refractivity contribution in [3.05, 3.63) is 5.82 Å². The number of urea groups is 1. The number of fused-ring (bicyclic) bond motifs is 1. The first kappa shape index (κ1) is 15.7. The van der Waals surface area contributed by atoms with Crippen LogP contribution in [-0.4, -0.2) is 53.3 Å². The van der Waals surface area contributed by atoms with Crippen LogP contribution in [0.5, 0.6) is 0 Å². The number of sulfone groups is 1. The van der Waals surface area contributed by atoms with E-state index in [1.807, 2.05) is 20.8 Å². The molecule has 0 saturated carbocycles. The van der Waals surface area contributed by atoms with Gasteiger partial charge in [-0.1, -0.05) is 20.8 Å². The fourth-order valence-corrected chi connectivity index (χ4v) is 5.90. The Morgan fingerprint density at radius 2 is 1.86 bits per heavy atom. The fourth-order valence-electron chi connectivity index (χ4n) is 2.95. The highest BCUT2D eigenvalue weighted by molar-refractivity contribution is 7.91. The molecule has 0 unspecified atom stereocenters. The molecule has 2 atom stereocenters. The van der Waals surface area contributed by atoms with E-state index >= 15 is 0 Å². The van der Waals surface area contributed by atoms with Gasteiger partial charge >= 0.3 is 6.03 Å². The van der Waals surface area contributed by atoms with Gasteiger partial charge in [0.2, 0.25) is 5.13 Å². The Morgan fingerprint density at radius 3 is 2.36 bits per heavy atom. The van der Waals surface area contributed by atoms with Crippen LogP contribution in [0.4, 0.5) is 9.93 Å². The molecule has 0 spiro atoms. The largest absolute Gasteiger partial charge is 0.324 e. The number of carbonyl (C=O) groups is 1. The Balaban J connectivity index is 1.61. The molecular weight excluding hydrogens is 324 g/mol. The summed E-state index contributed by atoms with van der Waals surface area (Å²) in [5.74, 6) is 1.27. The molecule has 2 saturated heterocycles. The number of aromatic nitrogens is 2. The van der Waals surface area contributed by atoms with Crippen LogP contribution in [0.2, 0.25) is 0 Å². The number of amides is 2.